The first kappa shape index (κ1) is 14.1. The molecule has 0 radical (unpaired) electrons. The van der Waals surface area contributed by atoms with Gasteiger partial charge in [-0.1, -0.05) is 29.8 Å². The van der Waals surface area contributed by atoms with Crippen LogP contribution in [0.15, 0.2) is 24.4 Å². The number of hydrogen-bond donors (Lipinski definition) is 1. The lowest BCUT2D eigenvalue weighted by molar-refractivity contribution is 0.560. The molecular weight excluding hydrogens is 258 g/mol. The van der Waals surface area contributed by atoms with Gasteiger partial charge in [-0.15, -0.1) is 0 Å². The summed E-state index contributed by atoms with van der Waals surface area (Å²) in [5.41, 5.74) is 4.84. The van der Waals surface area contributed by atoms with E-state index in [9.17, 15) is 0 Å². The van der Waals surface area contributed by atoms with Gasteiger partial charge in [0.2, 0.25) is 0 Å². The molecule has 0 saturated heterocycles. The van der Waals surface area contributed by atoms with Crippen LogP contribution in [0.5, 0.6) is 0 Å². The molecular formula is C15H20ClN3. The van der Waals surface area contributed by atoms with Crippen molar-refractivity contribution in [3.63, 3.8) is 0 Å². The molecule has 0 amide bonds. The Morgan fingerprint density at radius 3 is 2.47 bits per heavy atom. The van der Waals surface area contributed by atoms with E-state index in [4.69, 9.17) is 11.6 Å². The molecule has 0 aliphatic rings. The number of hydrogen-bond acceptors (Lipinski definition) is 2. The molecule has 0 spiro atoms. The summed E-state index contributed by atoms with van der Waals surface area (Å²) in [6, 6.07) is 6.41. The van der Waals surface area contributed by atoms with Crippen LogP contribution in [0.2, 0.25) is 5.02 Å². The molecule has 1 atom stereocenters. The van der Waals surface area contributed by atoms with Gasteiger partial charge in [0, 0.05) is 6.54 Å². The van der Waals surface area contributed by atoms with Gasteiger partial charge in [-0.05, 0) is 44.5 Å². The summed E-state index contributed by atoms with van der Waals surface area (Å²) in [6.07, 6.45) is 1.72. The van der Waals surface area contributed by atoms with E-state index >= 15 is 0 Å². The normalized spacial score (nSPS) is 12.7. The van der Waals surface area contributed by atoms with E-state index in [-0.39, 0.29) is 6.04 Å². The second kappa shape index (κ2) is 5.76. The Kier molecular flexibility index (Phi) is 4.27. The van der Waals surface area contributed by atoms with E-state index in [1.54, 1.807) is 6.20 Å². The summed E-state index contributed by atoms with van der Waals surface area (Å²) >= 11 is 6.33. The van der Waals surface area contributed by atoms with Crippen molar-refractivity contribution in [2.45, 2.75) is 33.4 Å². The van der Waals surface area contributed by atoms with Gasteiger partial charge >= 0.3 is 0 Å². The van der Waals surface area contributed by atoms with Crippen molar-refractivity contribution >= 4 is 11.6 Å². The summed E-state index contributed by atoms with van der Waals surface area (Å²) in [7, 11) is 1.96. The van der Waals surface area contributed by atoms with Gasteiger partial charge in [-0.25, -0.2) is 0 Å². The number of nitrogens with one attached hydrogen (secondary N) is 1. The molecule has 1 unspecified atom stereocenters. The summed E-state index contributed by atoms with van der Waals surface area (Å²) in [4.78, 5) is 0. The van der Waals surface area contributed by atoms with Crippen molar-refractivity contribution in [2.24, 2.45) is 0 Å². The average molecular weight is 278 g/mol. The first-order chi connectivity index (χ1) is 9.10. The van der Waals surface area contributed by atoms with Crippen molar-refractivity contribution in [1.82, 2.24) is 15.1 Å². The molecule has 1 aromatic heterocycles. The fraction of sp³-hybridized carbons (Fsp3) is 0.400. The van der Waals surface area contributed by atoms with Crippen molar-refractivity contribution in [3.8, 4) is 0 Å². The molecule has 1 heterocycles. The predicted molar refractivity (Wildman–Crippen MR) is 79.7 cm³/mol. The predicted octanol–water partition coefficient (Wildman–Crippen LogP) is 3.48. The van der Waals surface area contributed by atoms with E-state index in [0.29, 0.717) is 5.02 Å². The van der Waals surface area contributed by atoms with Gasteiger partial charge in [0.25, 0.3) is 0 Å². The Hall–Kier alpha value is -1.32. The average Bonchev–Trinajstić information content (AvgIpc) is 2.75. The van der Waals surface area contributed by atoms with E-state index in [1.807, 2.05) is 11.7 Å². The molecule has 4 heteroatoms. The number of benzene rings is 1. The quantitative estimate of drug-likeness (QED) is 0.927. The number of aromatic nitrogens is 2. The van der Waals surface area contributed by atoms with Crippen molar-refractivity contribution < 1.29 is 0 Å². The standard InChI is InChI=1S/C15H20ClN3/c1-5-19-15(12(16)9-18-19)14(17-4)13-10(2)7-6-8-11(13)3/h6-9,14,17H,5H2,1-4H3. The third-order valence-electron chi connectivity index (χ3n) is 3.53. The minimum absolute atomic E-state index is 0.0659. The molecule has 19 heavy (non-hydrogen) atoms. The zero-order valence-corrected chi connectivity index (χ0v) is 12.6. The highest BCUT2D eigenvalue weighted by Gasteiger charge is 2.22. The maximum atomic E-state index is 6.33. The van der Waals surface area contributed by atoms with Crippen LogP contribution in [0.3, 0.4) is 0 Å². The molecule has 102 valence electrons. The first-order valence-corrected chi connectivity index (χ1v) is 6.92. The Labute approximate surface area is 119 Å². The fourth-order valence-corrected chi connectivity index (χ4v) is 2.86. The van der Waals surface area contributed by atoms with E-state index in [2.05, 4.69) is 49.4 Å². The Balaban J connectivity index is 2.59. The molecule has 2 rings (SSSR count). The third-order valence-corrected chi connectivity index (χ3v) is 3.82. The van der Waals surface area contributed by atoms with Crippen LogP contribution in [0.4, 0.5) is 0 Å². The number of aryl methyl sites for hydroxylation is 3. The van der Waals surface area contributed by atoms with E-state index < -0.39 is 0 Å². The van der Waals surface area contributed by atoms with Crippen LogP contribution >= 0.6 is 11.6 Å². The molecule has 0 aliphatic carbocycles. The van der Waals surface area contributed by atoms with Crippen LogP contribution in [0.1, 0.15) is 35.3 Å². The molecule has 3 nitrogen and oxygen atoms in total. The lowest BCUT2D eigenvalue weighted by Gasteiger charge is -2.22. The van der Waals surface area contributed by atoms with Crippen LogP contribution in [-0.2, 0) is 6.54 Å². The highest BCUT2D eigenvalue weighted by Crippen LogP contribution is 2.31. The van der Waals surface area contributed by atoms with Crippen LogP contribution in [0, 0.1) is 13.8 Å². The monoisotopic (exact) mass is 277 g/mol. The smallest absolute Gasteiger partial charge is 0.0837 e. The molecule has 2 aromatic rings. The van der Waals surface area contributed by atoms with Gasteiger partial charge in [0.1, 0.15) is 0 Å². The fourth-order valence-electron chi connectivity index (χ4n) is 2.61. The first-order valence-electron chi connectivity index (χ1n) is 6.54. The molecule has 0 saturated carbocycles. The summed E-state index contributed by atoms with van der Waals surface area (Å²) in [5.74, 6) is 0. The number of nitrogens with zero attached hydrogens (tertiary/aromatic N) is 2. The zero-order chi connectivity index (χ0) is 14.0. The highest BCUT2D eigenvalue weighted by molar-refractivity contribution is 6.31. The molecule has 0 aliphatic heterocycles. The van der Waals surface area contributed by atoms with Crippen molar-refractivity contribution in [3.05, 3.63) is 51.8 Å². The minimum Gasteiger partial charge on any atom is -0.308 e. The lowest BCUT2D eigenvalue weighted by atomic mass is 9.94. The highest BCUT2D eigenvalue weighted by atomic mass is 35.5. The second-order valence-electron chi connectivity index (χ2n) is 4.72. The molecule has 0 bridgehead atoms. The number of halogens is 1. The maximum Gasteiger partial charge on any atom is 0.0837 e. The second-order valence-corrected chi connectivity index (χ2v) is 5.13. The van der Waals surface area contributed by atoms with Gasteiger partial charge in [0.05, 0.1) is 23.0 Å². The van der Waals surface area contributed by atoms with Crippen LogP contribution in [0.25, 0.3) is 0 Å². The molecule has 1 N–H and O–H groups in total. The summed E-state index contributed by atoms with van der Waals surface area (Å²) < 4.78 is 1.95. The number of rotatable bonds is 4. The van der Waals surface area contributed by atoms with Crippen LogP contribution in [-0.4, -0.2) is 16.8 Å². The van der Waals surface area contributed by atoms with Gasteiger partial charge < -0.3 is 5.32 Å². The lowest BCUT2D eigenvalue weighted by Crippen LogP contribution is -2.23. The van der Waals surface area contributed by atoms with Gasteiger partial charge in [-0.3, -0.25) is 4.68 Å². The van der Waals surface area contributed by atoms with E-state index in [1.165, 1.54) is 16.7 Å². The van der Waals surface area contributed by atoms with Crippen molar-refractivity contribution in [1.29, 1.82) is 0 Å². The minimum atomic E-state index is 0.0659. The summed E-state index contributed by atoms with van der Waals surface area (Å²) in [5, 5.41) is 8.42. The Morgan fingerprint density at radius 1 is 1.32 bits per heavy atom. The van der Waals surface area contributed by atoms with Crippen molar-refractivity contribution in [2.75, 3.05) is 7.05 Å². The Morgan fingerprint density at radius 2 is 1.95 bits per heavy atom. The maximum absolute atomic E-state index is 6.33. The zero-order valence-electron chi connectivity index (χ0n) is 11.9. The van der Waals surface area contributed by atoms with E-state index in [0.717, 1.165) is 12.2 Å². The molecule has 1 aromatic carbocycles. The third kappa shape index (κ3) is 2.53. The largest absolute Gasteiger partial charge is 0.308 e. The van der Waals surface area contributed by atoms with Gasteiger partial charge in [0.15, 0.2) is 0 Å². The molecule has 0 fully saturated rings. The topological polar surface area (TPSA) is 29.9 Å². The Bertz CT molecular complexity index is 555. The SMILES string of the molecule is CCn1ncc(Cl)c1C(NC)c1c(C)cccc1C. The van der Waals surface area contributed by atoms with Crippen LogP contribution < -0.4 is 5.32 Å². The summed E-state index contributed by atoms with van der Waals surface area (Å²) in [6.45, 7) is 7.15. The van der Waals surface area contributed by atoms with Gasteiger partial charge in [-0.2, -0.15) is 5.10 Å².